The minimum atomic E-state index is -0.457. The molecule has 0 aliphatic heterocycles. The van der Waals surface area contributed by atoms with E-state index in [4.69, 9.17) is 9.47 Å². The van der Waals surface area contributed by atoms with Gasteiger partial charge in [-0.25, -0.2) is 9.67 Å². The number of nitrogens with one attached hydrogen (secondary N) is 1. The normalized spacial score (nSPS) is 10.6. The Labute approximate surface area is 194 Å². The molecule has 4 aromatic rings. The van der Waals surface area contributed by atoms with Crippen LogP contribution in [-0.4, -0.2) is 34.9 Å². The second kappa shape index (κ2) is 9.23. The fourth-order valence-electron chi connectivity index (χ4n) is 3.23. The summed E-state index contributed by atoms with van der Waals surface area (Å²) >= 11 is 3.45. The Kier molecular flexibility index (Phi) is 6.23. The Morgan fingerprint density at radius 1 is 1.00 bits per heavy atom. The average Bonchev–Trinajstić information content (AvgIpc) is 3.25. The quantitative estimate of drug-likeness (QED) is 0.396. The van der Waals surface area contributed by atoms with E-state index in [2.05, 4.69) is 31.3 Å². The van der Waals surface area contributed by atoms with Gasteiger partial charge in [-0.15, -0.1) is 5.10 Å². The molecule has 0 bridgehead atoms. The Morgan fingerprint density at radius 2 is 1.78 bits per heavy atom. The summed E-state index contributed by atoms with van der Waals surface area (Å²) in [5.41, 5.74) is 3.20. The van der Waals surface area contributed by atoms with Crippen molar-refractivity contribution in [3.05, 3.63) is 82.6 Å². The highest BCUT2D eigenvalue weighted by Crippen LogP contribution is 2.29. The average molecular weight is 493 g/mol. The molecule has 0 aliphatic rings. The summed E-state index contributed by atoms with van der Waals surface area (Å²) in [5, 5.41) is 7.34. The molecule has 0 saturated heterocycles. The van der Waals surface area contributed by atoms with E-state index in [1.807, 2.05) is 55.5 Å². The molecule has 3 aromatic carbocycles. The SMILES string of the molecule is COc1ccc(OC)c(NC(=O)c2nc(-c3cccc(C)c3)n(-c3ccc(Br)cc3)n2)c1. The number of methoxy groups -OCH3 is 2. The van der Waals surface area contributed by atoms with E-state index in [-0.39, 0.29) is 5.82 Å². The molecular formula is C24H21BrN4O3. The standard InChI is InChI=1S/C24H21BrN4O3/c1-15-5-4-6-16(13-15)23-27-22(28-29(23)18-9-7-17(25)8-10-18)24(30)26-20-14-19(31-2)11-12-21(20)32-3/h4-14H,1-3H3,(H,26,30). The monoisotopic (exact) mass is 492 g/mol. The molecule has 0 saturated carbocycles. The summed E-state index contributed by atoms with van der Waals surface area (Å²) in [6.45, 7) is 2.01. The topological polar surface area (TPSA) is 78.3 Å². The number of rotatable bonds is 6. The zero-order valence-corrected chi connectivity index (χ0v) is 19.4. The number of nitrogens with zero attached hydrogens (tertiary/aromatic N) is 3. The summed E-state index contributed by atoms with van der Waals surface area (Å²) in [5.74, 6) is 1.25. The molecule has 0 spiro atoms. The van der Waals surface area contributed by atoms with Gasteiger partial charge in [0.25, 0.3) is 5.91 Å². The highest BCUT2D eigenvalue weighted by atomic mass is 79.9. The molecule has 162 valence electrons. The number of carbonyl (C=O) groups is 1. The minimum Gasteiger partial charge on any atom is -0.497 e. The molecule has 1 N–H and O–H groups in total. The second-order valence-electron chi connectivity index (χ2n) is 7.04. The highest BCUT2D eigenvalue weighted by Gasteiger charge is 2.20. The summed E-state index contributed by atoms with van der Waals surface area (Å²) in [6.07, 6.45) is 0. The molecule has 1 amide bonds. The molecule has 0 aliphatic carbocycles. The lowest BCUT2D eigenvalue weighted by molar-refractivity contribution is 0.101. The number of hydrogen-bond acceptors (Lipinski definition) is 5. The number of aryl methyl sites for hydroxylation is 1. The van der Waals surface area contributed by atoms with E-state index < -0.39 is 5.91 Å². The van der Waals surface area contributed by atoms with E-state index >= 15 is 0 Å². The van der Waals surface area contributed by atoms with Gasteiger partial charge in [0.2, 0.25) is 5.82 Å². The molecule has 32 heavy (non-hydrogen) atoms. The van der Waals surface area contributed by atoms with E-state index in [1.54, 1.807) is 30.0 Å². The van der Waals surface area contributed by atoms with Crippen LogP contribution >= 0.6 is 15.9 Å². The van der Waals surface area contributed by atoms with E-state index in [0.717, 1.165) is 21.3 Å². The first kappa shape index (κ1) is 21.6. The third kappa shape index (κ3) is 4.50. The molecule has 7 nitrogen and oxygen atoms in total. The van der Waals surface area contributed by atoms with Crippen molar-refractivity contribution in [1.29, 1.82) is 0 Å². The van der Waals surface area contributed by atoms with Crippen molar-refractivity contribution in [2.24, 2.45) is 0 Å². The number of halogens is 1. The molecule has 1 heterocycles. The Bertz CT molecular complexity index is 1270. The van der Waals surface area contributed by atoms with Crippen LogP contribution in [-0.2, 0) is 0 Å². The van der Waals surface area contributed by atoms with Gasteiger partial charge >= 0.3 is 0 Å². The number of carbonyl (C=O) groups excluding carboxylic acids is 1. The number of hydrogen-bond donors (Lipinski definition) is 1. The smallest absolute Gasteiger partial charge is 0.295 e. The number of aromatic nitrogens is 3. The van der Waals surface area contributed by atoms with Gasteiger partial charge in [0.05, 0.1) is 25.6 Å². The van der Waals surface area contributed by atoms with Gasteiger partial charge in [0.1, 0.15) is 11.5 Å². The van der Waals surface area contributed by atoms with E-state index in [9.17, 15) is 4.79 Å². The first-order valence-electron chi connectivity index (χ1n) is 9.82. The zero-order valence-electron chi connectivity index (χ0n) is 17.8. The zero-order chi connectivity index (χ0) is 22.7. The predicted molar refractivity (Wildman–Crippen MR) is 127 cm³/mol. The van der Waals surface area contributed by atoms with E-state index in [0.29, 0.717) is 23.0 Å². The molecule has 1 aromatic heterocycles. The molecule has 0 fully saturated rings. The molecule has 8 heteroatoms. The maximum absolute atomic E-state index is 13.1. The summed E-state index contributed by atoms with van der Waals surface area (Å²) < 4.78 is 13.2. The number of amides is 1. The largest absolute Gasteiger partial charge is 0.497 e. The van der Waals surface area contributed by atoms with E-state index in [1.165, 1.54) is 7.11 Å². The molecule has 4 rings (SSSR count). The van der Waals surface area contributed by atoms with Gasteiger partial charge in [-0.3, -0.25) is 4.79 Å². The fourth-order valence-corrected chi connectivity index (χ4v) is 3.50. The third-order valence-electron chi connectivity index (χ3n) is 4.81. The van der Waals surface area contributed by atoms with Gasteiger partial charge in [-0.05, 0) is 49.4 Å². The molecule has 0 unspecified atom stereocenters. The summed E-state index contributed by atoms with van der Waals surface area (Å²) in [6, 6.07) is 20.7. The van der Waals surface area contributed by atoms with Crippen LogP contribution in [0, 0.1) is 6.92 Å². The first-order chi connectivity index (χ1) is 15.5. The number of ether oxygens (including phenoxy) is 2. The Morgan fingerprint density at radius 3 is 2.47 bits per heavy atom. The van der Waals surface area contributed by atoms with Crippen molar-refractivity contribution >= 4 is 27.5 Å². The van der Waals surface area contributed by atoms with Crippen molar-refractivity contribution < 1.29 is 14.3 Å². The van der Waals surface area contributed by atoms with Gasteiger partial charge < -0.3 is 14.8 Å². The van der Waals surface area contributed by atoms with Crippen LogP contribution in [0.5, 0.6) is 11.5 Å². The van der Waals surface area contributed by atoms with Gasteiger partial charge in [-0.1, -0.05) is 39.7 Å². The lowest BCUT2D eigenvalue weighted by Gasteiger charge is -2.10. The Balaban J connectivity index is 1.76. The van der Waals surface area contributed by atoms with Crippen LogP contribution in [0.4, 0.5) is 5.69 Å². The maximum atomic E-state index is 13.1. The number of benzene rings is 3. The summed E-state index contributed by atoms with van der Waals surface area (Å²) in [4.78, 5) is 17.6. The van der Waals surface area contributed by atoms with Crippen LogP contribution < -0.4 is 14.8 Å². The van der Waals surface area contributed by atoms with Crippen molar-refractivity contribution in [3.8, 4) is 28.6 Å². The molecular weight excluding hydrogens is 472 g/mol. The van der Waals surface area contributed by atoms with Crippen LogP contribution in [0.15, 0.2) is 71.2 Å². The van der Waals surface area contributed by atoms with Crippen molar-refractivity contribution in [1.82, 2.24) is 14.8 Å². The third-order valence-corrected chi connectivity index (χ3v) is 5.34. The minimum absolute atomic E-state index is 0.0364. The van der Waals surface area contributed by atoms with Gasteiger partial charge in [0.15, 0.2) is 5.82 Å². The lowest BCUT2D eigenvalue weighted by Crippen LogP contribution is -2.15. The molecule has 0 atom stereocenters. The predicted octanol–water partition coefficient (Wildman–Crippen LogP) is 5.27. The fraction of sp³-hybridized carbons (Fsp3) is 0.125. The highest BCUT2D eigenvalue weighted by molar-refractivity contribution is 9.10. The Hall–Kier alpha value is -3.65. The second-order valence-corrected chi connectivity index (χ2v) is 7.95. The maximum Gasteiger partial charge on any atom is 0.295 e. The van der Waals surface area contributed by atoms with Crippen molar-refractivity contribution in [2.45, 2.75) is 6.92 Å². The van der Waals surface area contributed by atoms with Crippen LogP contribution in [0.1, 0.15) is 16.2 Å². The first-order valence-corrected chi connectivity index (χ1v) is 10.6. The number of anilines is 1. The van der Waals surface area contributed by atoms with Crippen LogP contribution in [0.25, 0.3) is 17.1 Å². The summed E-state index contributed by atoms with van der Waals surface area (Å²) in [7, 11) is 3.09. The van der Waals surface area contributed by atoms with Crippen LogP contribution in [0.3, 0.4) is 0 Å². The van der Waals surface area contributed by atoms with Crippen molar-refractivity contribution in [3.63, 3.8) is 0 Å². The van der Waals surface area contributed by atoms with Gasteiger partial charge in [-0.2, -0.15) is 0 Å². The van der Waals surface area contributed by atoms with Crippen LogP contribution in [0.2, 0.25) is 0 Å². The molecule has 0 radical (unpaired) electrons. The van der Waals surface area contributed by atoms with Crippen molar-refractivity contribution in [2.75, 3.05) is 19.5 Å². The van der Waals surface area contributed by atoms with Gasteiger partial charge in [0, 0.05) is 16.1 Å². The lowest BCUT2D eigenvalue weighted by atomic mass is 10.1.